The second-order valence-electron chi connectivity index (χ2n) is 4.31. The summed E-state index contributed by atoms with van der Waals surface area (Å²) in [5.41, 5.74) is 1.84. The van der Waals surface area contributed by atoms with E-state index in [1.54, 1.807) is 12.4 Å². The molecule has 0 amide bonds. The highest BCUT2D eigenvalue weighted by atomic mass is 16.5. The fraction of sp³-hybridized carbons (Fsp3) is 0.286. The van der Waals surface area contributed by atoms with Gasteiger partial charge >= 0.3 is 0 Å². The van der Waals surface area contributed by atoms with E-state index >= 15 is 0 Å². The molecule has 2 heterocycles. The van der Waals surface area contributed by atoms with Crippen molar-refractivity contribution in [2.24, 2.45) is 0 Å². The van der Waals surface area contributed by atoms with E-state index in [0.29, 0.717) is 5.88 Å². The highest BCUT2D eigenvalue weighted by molar-refractivity contribution is 5.63. The molecule has 0 saturated carbocycles. The molecule has 1 N–H and O–H groups in total. The molecule has 1 unspecified atom stereocenters. The van der Waals surface area contributed by atoms with Crippen molar-refractivity contribution >= 4 is 0 Å². The van der Waals surface area contributed by atoms with E-state index < -0.39 is 0 Å². The van der Waals surface area contributed by atoms with Crippen molar-refractivity contribution in [2.75, 3.05) is 13.1 Å². The number of rotatable bonds is 3. The van der Waals surface area contributed by atoms with Gasteiger partial charge in [-0.1, -0.05) is 30.3 Å². The Labute approximate surface area is 106 Å². The molecule has 0 radical (unpaired) electrons. The molecule has 1 aliphatic heterocycles. The van der Waals surface area contributed by atoms with Gasteiger partial charge in [-0.15, -0.1) is 0 Å². The van der Waals surface area contributed by atoms with Crippen LogP contribution in [0.4, 0.5) is 0 Å². The molecule has 1 fully saturated rings. The molecule has 1 aromatic carbocycles. The first-order valence-corrected chi connectivity index (χ1v) is 6.17. The van der Waals surface area contributed by atoms with Gasteiger partial charge in [0.1, 0.15) is 11.8 Å². The van der Waals surface area contributed by atoms with Crippen LogP contribution in [0.5, 0.6) is 5.88 Å². The SMILES string of the molecule is c1ccc(-c2nccnc2OC2CCNC2)cc1. The van der Waals surface area contributed by atoms with Gasteiger partial charge in [0.2, 0.25) is 5.88 Å². The van der Waals surface area contributed by atoms with Crippen molar-refractivity contribution < 1.29 is 4.74 Å². The molecule has 2 aromatic rings. The first-order chi connectivity index (χ1) is 8.93. The summed E-state index contributed by atoms with van der Waals surface area (Å²) in [5, 5.41) is 3.28. The van der Waals surface area contributed by atoms with E-state index in [0.717, 1.165) is 30.8 Å². The van der Waals surface area contributed by atoms with Gasteiger partial charge in [0.15, 0.2) is 0 Å². The lowest BCUT2D eigenvalue weighted by atomic mass is 10.1. The fourth-order valence-corrected chi connectivity index (χ4v) is 2.09. The summed E-state index contributed by atoms with van der Waals surface area (Å²) in [6.07, 6.45) is 4.58. The summed E-state index contributed by atoms with van der Waals surface area (Å²) in [6, 6.07) is 10.0. The zero-order valence-electron chi connectivity index (χ0n) is 10.0. The molecule has 4 heteroatoms. The maximum atomic E-state index is 5.92. The number of hydrogen-bond donors (Lipinski definition) is 1. The third kappa shape index (κ3) is 2.33. The van der Waals surface area contributed by atoms with Crippen LogP contribution in [0, 0.1) is 0 Å². The van der Waals surface area contributed by atoms with Crippen molar-refractivity contribution in [3.63, 3.8) is 0 Å². The van der Waals surface area contributed by atoms with Crippen LogP contribution in [-0.2, 0) is 0 Å². The lowest BCUT2D eigenvalue weighted by molar-refractivity contribution is 0.214. The molecule has 1 aliphatic rings. The van der Waals surface area contributed by atoms with Crippen molar-refractivity contribution in [3.05, 3.63) is 42.7 Å². The van der Waals surface area contributed by atoms with Gasteiger partial charge in [-0.05, 0) is 13.0 Å². The topological polar surface area (TPSA) is 47.0 Å². The number of hydrogen-bond acceptors (Lipinski definition) is 4. The minimum absolute atomic E-state index is 0.198. The van der Waals surface area contributed by atoms with Gasteiger partial charge < -0.3 is 10.1 Å². The number of ether oxygens (including phenoxy) is 1. The summed E-state index contributed by atoms with van der Waals surface area (Å²) in [4.78, 5) is 8.69. The molecule has 1 atom stereocenters. The van der Waals surface area contributed by atoms with Crippen LogP contribution in [0.3, 0.4) is 0 Å². The van der Waals surface area contributed by atoms with Crippen LogP contribution in [0.1, 0.15) is 6.42 Å². The van der Waals surface area contributed by atoms with Crippen LogP contribution < -0.4 is 10.1 Å². The van der Waals surface area contributed by atoms with E-state index in [1.165, 1.54) is 0 Å². The summed E-state index contributed by atoms with van der Waals surface area (Å²) in [6.45, 7) is 1.89. The Bertz CT molecular complexity index is 509. The standard InChI is InChI=1S/C14H15N3O/c1-2-4-11(5-3-1)13-14(17-9-8-16-13)18-12-6-7-15-10-12/h1-5,8-9,12,15H,6-7,10H2. The normalized spacial score (nSPS) is 18.8. The van der Waals surface area contributed by atoms with Gasteiger partial charge in [0.25, 0.3) is 0 Å². The maximum absolute atomic E-state index is 5.92. The number of nitrogens with zero attached hydrogens (tertiary/aromatic N) is 2. The Morgan fingerprint density at radius 1 is 1.11 bits per heavy atom. The Hall–Kier alpha value is -1.94. The zero-order chi connectivity index (χ0) is 12.2. The number of benzene rings is 1. The lowest BCUT2D eigenvalue weighted by Crippen LogP contribution is -2.20. The maximum Gasteiger partial charge on any atom is 0.240 e. The van der Waals surface area contributed by atoms with E-state index in [1.807, 2.05) is 30.3 Å². The first kappa shape index (κ1) is 11.2. The monoisotopic (exact) mass is 241 g/mol. The van der Waals surface area contributed by atoms with Crippen molar-refractivity contribution in [1.82, 2.24) is 15.3 Å². The highest BCUT2D eigenvalue weighted by Gasteiger charge is 2.19. The number of nitrogens with one attached hydrogen (secondary N) is 1. The molecule has 18 heavy (non-hydrogen) atoms. The zero-order valence-corrected chi connectivity index (χ0v) is 10.0. The van der Waals surface area contributed by atoms with E-state index in [-0.39, 0.29) is 6.10 Å². The molecule has 0 aliphatic carbocycles. The predicted molar refractivity (Wildman–Crippen MR) is 69.4 cm³/mol. The summed E-state index contributed by atoms with van der Waals surface area (Å²) < 4.78 is 5.92. The Morgan fingerprint density at radius 2 is 1.94 bits per heavy atom. The average Bonchev–Trinajstić information content (AvgIpc) is 2.93. The lowest BCUT2D eigenvalue weighted by Gasteiger charge is -2.13. The molecule has 4 nitrogen and oxygen atoms in total. The molecular formula is C14H15N3O. The average molecular weight is 241 g/mol. The minimum atomic E-state index is 0.198. The van der Waals surface area contributed by atoms with Crippen molar-refractivity contribution in [3.8, 4) is 17.1 Å². The Morgan fingerprint density at radius 3 is 2.72 bits per heavy atom. The second-order valence-corrected chi connectivity index (χ2v) is 4.31. The van der Waals surface area contributed by atoms with E-state index in [9.17, 15) is 0 Å². The summed E-state index contributed by atoms with van der Waals surface area (Å²) >= 11 is 0. The van der Waals surface area contributed by atoms with E-state index in [4.69, 9.17) is 4.74 Å². The molecule has 1 aromatic heterocycles. The molecule has 0 bridgehead atoms. The first-order valence-electron chi connectivity index (χ1n) is 6.17. The summed E-state index contributed by atoms with van der Waals surface area (Å²) in [7, 11) is 0. The van der Waals surface area contributed by atoms with Gasteiger partial charge in [0, 0.05) is 24.5 Å². The quantitative estimate of drug-likeness (QED) is 0.891. The van der Waals surface area contributed by atoms with Crippen molar-refractivity contribution in [1.29, 1.82) is 0 Å². The van der Waals surface area contributed by atoms with Crippen LogP contribution in [0.2, 0.25) is 0 Å². The molecule has 0 spiro atoms. The van der Waals surface area contributed by atoms with Gasteiger partial charge in [-0.2, -0.15) is 0 Å². The molecule has 3 rings (SSSR count). The van der Waals surface area contributed by atoms with E-state index in [2.05, 4.69) is 15.3 Å². The predicted octanol–water partition coefficient (Wildman–Crippen LogP) is 1.88. The van der Waals surface area contributed by atoms with Gasteiger partial charge in [-0.25, -0.2) is 9.97 Å². The molecule has 1 saturated heterocycles. The second kappa shape index (κ2) is 5.14. The van der Waals surface area contributed by atoms with Gasteiger partial charge in [0.05, 0.1) is 0 Å². The number of aromatic nitrogens is 2. The van der Waals surface area contributed by atoms with Crippen LogP contribution >= 0.6 is 0 Å². The van der Waals surface area contributed by atoms with Crippen molar-refractivity contribution in [2.45, 2.75) is 12.5 Å². The third-order valence-electron chi connectivity index (χ3n) is 3.01. The Kier molecular flexibility index (Phi) is 3.19. The molecule has 92 valence electrons. The Balaban J connectivity index is 1.90. The fourth-order valence-electron chi connectivity index (χ4n) is 2.09. The third-order valence-corrected chi connectivity index (χ3v) is 3.01. The van der Waals surface area contributed by atoms with Crippen LogP contribution in [0.15, 0.2) is 42.7 Å². The van der Waals surface area contributed by atoms with Crippen LogP contribution in [-0.4, -0.2) is 29.2 Å². The highest BCUT2D eigenvalue weighted by Crippen LogP contribution is 2.26. The van der Waals surface area contributed by atoms with Crippen LogP contribution in [0.25, 0.3) is 11.3 Å². The molecular weight excluding hydrogens is 226 g/mol. The smallest absolute Gasteiger partial charge is 0.240 e. The largest absolute Gasteiger partial charge is 0.471 e. The minimum Gasteiger partial charge on any atom is -0.471 e. The summed E-state index contributed by atoms with van der Waals surface area (Å²) in [5.74, 6) is 0.623. The van der Waals surface area contributed by atoms with Gasteiger partial charge in [-0.3, -0.25) is 0 Å².